The Morgan fingerprint density at radius 2 is 1.53 bits per heavy atom. The molecule has 1 unspecified atom stereocenters. The zero-order valence-corrected chi connectivity index (χ0v) is 16.3. The quantitative estimate of drug-likeness (QED) is 0.306. The van der Waals surface area contributed by atoms with Gasteiger partial charge in [-0.25, -0.2) is 0 Å². The number of Topliss-reactive ketones (excluding diaryl/α,β-unsaturated/α-hetero) is 1. The number of hydrogen-bond acceptors (Lipinski definition) is 4. The molecule has 3 aromatic rings. The number of benzene rings is 3. The first-order chi connectivity index (χ1) is 14.5. The minimum atomic E-state index is -0.783. The van der Waals surface area contributed by atoms with Crippen LogP contribution in [0.3, 0.4) is 0 Å². The molecule has 0 saturated carbocycles. The van der Waals surface area contributed by atoms with E-state index < -0.39 is 17.7 Å². The molecule has 1 saturated heterocycles. The minimum Gasteiger partial charge on any atom is -0.507 e. The Kier molecular flexibility index (Phi) is 5.02. The molecule has 5 heteroatoms. The lowest BCUT2D eigenvalue weighted by Gasteiger charge is -2.25. The molecule has 5 nitrogen and oxygen atoms in total. The highest BCUT2D eigenvalue weighted by molar-refractivity contribution is 6.51. The monoisotopic (exact) mass is 397 g/mol. The zero-order chi connectivity index (χ0) is 21.3. The van der Waals surface area contributed by atoms with Crippen LogP contribution in [0.15, 0.2) is 84.4 Å². The fourth-order valence-corrected chi connectivity index (χ4v) is 3.63. The number of aldehydes is 1. The number of ketones is 1. The average molecular weight is 397 g/mol. The highest BCUT2D eigenvalue weighted by atomic mass is 16.3. The number of aliphatic hydroxyl groups is 1. The molecular weight excluding hydrogens is 378 g/mol. The van der Waals surface area contributed by atoms with E-state index in [1.54, 1.807) is 36.4 Å². The molecule has 0 radical (unpaired) electrons. The molecule has 4 rings (SSSR count). The molecule has 148 valence electrons. The minimum absolute atomic E-state index is 0.0366. The first-order valence-corrected chi connectivity index (χ1v) is 9.49. The summed E-state index contributed by atoms with van der Waals surface area (Å²) in [4.78, 5) is 38.4. The van der Waals surface area contributed by atoms with Crippen LogP contribution in [-0.2, 0) is 9.59 Å². The van der Waals surface area contributed by atoms with Crippen LogP contribution in [0, 0.1) is 6.92 Å². The fourth-order valence-electron chi connectivity index (χ4n) is 3.63. The maximum Gasteiger partial charge on any atom is 0.300 e. The van der Waals surface area contributed by atoms with E-state index >= 15 is 0 Å². The van der Waals surface area contributed by atoms with Crippen LogP contribution in [0.5, 0.6) is 0 Å². The van der Waals surface area contributed by atoms with Crippen molar-refractivity contribution >= 4 is 29.4 Å². The third kappa shape index (κ3) is 3.31. The van der Waals surface area contributed by atoms with Gasteiger partial charge in [0.1, 0.15) is 12.0 Å². The van der Waals surface area contributed by atoms with Crippen molar-refractivity contribution in [1.82, 2.24) is 0 Å². The van der Waals surface area contributed by atoms with Crippen LogP contribution in [-0.4, -0.2) is 23.1 Å². The summed E-state index contributed by atoms with van der Waals surface area (Å²) in [6.45, 7) is 1.93. The molecule has 1 aliphatic heterocycles. The first kappa shape index (κ1) is 19.3. The van der Waals surface area contributed by atoms with E-state index in [0.29, 0.717) is 28.7 Å². The summed E-state index contributed by atoms with van der Waals surface area (Å²) in [6, 6.07) is 21.8. The summed E-state index contributed by atoms with van der Waals surface area (Å²) in [6.07, 6.45) is 0.712. The SMILES string of the molecule is Cc1ccc(/C(O)=C2/C(=O)C(=O)N(c3ccc(C=O)cc3)C2c2ccccc2)cc1. The van der Waals surface area contributed by atoms with Crippen LogP contribution in [0.4, 0.5) is 5.69 Å². The molecule has 1 amide bonds. The number of nitrogens with zero attached hydrogens (tertiary/aromatic N) is 1. The van der Waals surface area contributed by atoms with Crippen LogP contribution < -0.4 is 4.90 Å². The predicted molar refractivity (Wildman–Crippen MR) is 114 cm³/mol. The summed E-state index contributed by atoms with van der Waals surface area (Å²) in [5.74, 6) is -1.69. The molecule has 1 fully saturated rings. The Morgan fingerprint density at radius 3 is 2.13 bits per heavy atom. The summed E-state index contributed by atoms with van der Waals surface area (Å²) >= 11 is 0. The van der Waals surface area contributed by atoms with E-state index in [1.165, 1.54) is 4.90 Å². The molecule has 0 spiro atoms. The highest BCUT2D eigenvalue weighted by Crippen LogP contribution is 2.42. The maximum atomic E-state index is 13.0. The second-order valence-electron chi connectivity index (χ2n) is 7.16. The lowest BCUT2D eigenvalue weighted by Crippen LogP contribution is -2.29. The topological polar surface area (TPSA) is 74.7 Å². The van der Waals surface area contributed by atoms with Gasteiger partial charge in [-0.15, -0.1) is 0 Å². The third-order valence-electron chi connectivity index (χ3n) is 5.19. The molecule has 0 aliphatic carbocycles. The molecule has 1 aliphatic rings. The van der Waals surface area contributed by atoms with Crippen LogP contribution in [0.25, 0.3) is 5.76 Å². The number of amides is 1. The van der Waals surface area contributed by atoms with Crippen molar-refractivity contribution in [2.24, 2.45) is 0 Å². The van der Waals surface area contributed by atoms with Crippen molar-refractivity contribution in [1.29, 1.82) is 0 Å². The van der Waals surface area contributed by atoms with Gasteiger partial charge in [-0.2, -0.15) is 0 Å². The van der Waals surface area contributed by atoms with Gasteiger partial charge >= 0.3 is 0 Å². The van der Waals surface area contributed by atoms with Crippen LogP contribution >= 0.6 is 0 Å². The van der Waals surface area contributed by atoms with Gasteiger partial charge in [0.15, 0.2) is 0 Å². The molecule has 3 aromatic carbocycles. The maximum absolute atomic E-state index is 13.0. The van der Waals surface area contributed by atoms with Gasteiger partial charge in [0.05, 0.1) is 11.6 Å². The van der Waals surface area contributed by atoms with Crippen LogP contribution in [0.1, 0.15) is 33.1 Å². The number of anilines is 1. The second-order valence-corrected chi connectivity index (χ2v) is 7.16. The van der Waals surface area contributed by atoms with E-state index in [9.17, 15) is 19.5 Å². The second kappa shape index (κ2) is 7.79. The molecule has 0 aromatic heterocycles. The normalized spacial score (nSPS) is 17.9. The van der Waals surface area contributed by atoms with Crippen molar-refractivity contribution in [3.8, 4) is 0 Å². The smallest absolute Gasteiger partial charge is 0.300 e. The molecule has 1 atom stereocenters. The van der Waals surface area contributed by atoms with Gasteiger partial charge in [0, 0.05) is 16.8 Å². The Labute approximate surface area is 173 Å². The Hall–Kier alpha value is -3.99. The number of carbonyl (C=O) groups excluding carboxylic acids is 3. The number of hydrogen-bond donors (Lipinski definition) is 1. The average Bonchev–Trinajstić information content (AvgIpc) is 3.05. The Bertz CT molecular complexity index is 1150. The first-order valence-electron chi connectivity index (χ1n) is 9.49. The van der Waals surface area contributed by atoms with Crippen molar-refractivity contribution < 1.29 is 19.5 Å². The highest BCUT2D eigenvalue weighted by Gasteiger charge is 2.46. The lowest BCUT2D eigenvalue weighted by atomic mass is 9.95. The van der Waals surface area contributed by atoms with Gasteiger partial charge in [-0.3, -0.25) is 19.3 Å². The van der Waals surface area contributed by atoms with Gasteiger partial charge in [-0.05, 0) is 36.8 Å². The van der Waals surface area contributed by atoms with E-state index in [4.69, 9.17) is 0 Å². The standard InChI is InChI=1S/C25H19NO4/c1-16-7-11-19(12-8-16)23(28)21-22(18-5-3-2-4-6-18)26(25(30)24(21)29)20-13-9-17(15-27)10-14-20/h2-15,22,28H,1H3/b23-21-. The largest absolute Gasteiger partial charge is 0.507 e. The van der Waals surface area contributed by atoms with E-state index in [1.807, 2.05) is 49.4 Å². The molecule has 1 N–H and O–H groups in total. The number of carbonyl (C=O) groups is 3. The van der Waals surface area contributed by atoms with Gasteiger partial charge in [-0.1, -0.05) is 60.2 Å². The van der Waals surface area contributed by atoms with Crippen LogP contribution in [0.2, 0.25) is 0 Å². The summed E-state index contributed by atoms with van der Waals surface area (Å²) in [7, 11) is 0. The fraction of sp³-hybridized carbons (Fsp3) is 0.0800. The number of aliphatic hydroxyl groups excluding tert-OH is 1. The zero-order valence-electron chi connectivity index (χ0n) is 16.3. The van der Waals surface area contributed by atoms with Crippen molar-refractivity contribution in [3.05, 3.63) is 107 Å². The van der Waals surface area contributed by atoms with Crippen molar-refractivity contribution in [3.63, 3.8) is 0 Å². The van der Waals surface area contributed by atoms with Crippen molar-refractivity contribution in [2.75, 3.05) is 4.90 Å². The third-order valence-corrected chi connectivity index (χ3v) is 5.19. The molecular formula is C25H19NO4. The van der Waals surface area contributed by atoms with E-state index in [-0.39, 0.29) is 11.3 Å². The molecule has 0 bridgehead atoms. The molecule has 30 heavy (non-hydrogen) atoms. The Morgan fingerprint density at radius 1 is 0.900 bits per heavy atom. The summed E-state index contributed by atoms with van der Waals surface area (Å²) < 4.78 is 0. The Balaban J connectivity index is 1.91. The van der Waals surface area contributed by atoms with Gasteiger partial charge in [0.25, 0.3) is 11.7 Å². The number of rotatable bonds is 4. The van der Waals surface area contributed by atoms with E-state index in [2.05, 4.69) is 0 Å². The predicted octanol–water partition coefficient (Wildman–Crippen LogP) is 4.43. The van der Waals surface area contributed by atoms with Crippen molar-refractivity contribution in [2.45, 2.75) is 13.0 Å². The summed E-state index contributed by atoms with van der Waals surface area (Å²) in [5.41, 5.74) is 3.16. The molecule has 1 heterocycles. The summed E-state index contributed by atoms with van der Waals surface area (Å²) in [5, 5.41) is 11.0. The van der Waals surface area contributed by atoms with Gasteiger partial charge in [0.2, 0.25) is 0 Å². The van der Waals surface area contributed by atoms with E-state index in [0.717, 1.165) is 5.56 Å². The number of aryl methyl sites for hydroxylation is 1. The lowest BCUT2D eigenvalue weighted by molar-refractivity contribution is -0.132. The van der Waals surface area contributed by atoms with Gasteiger partial charge < -0.3 is 5.11 Å².